The van der Waals surface area contributed by atoms with Gasteiger partial charge in [-0.05, 0) is 36.1 Å². The molecule has 114 valence electrons. The molecule has 4 nitrogen and oxygen atoms in total. The van der Waals surface area contributed by atoms with Gasteiger partial charge in [0.2, 0.25) is 11.8 Å². The summed E-state index contributed by atoms with van der Waals surface area (Å²) >= 11 is 0. The molecule has 2 aromatic rings. The van der Waals surface area contributed by atoms with Crippen molar-refractivity contribution >= 4 is 17.5 Å². The van der Waals surface area contributed by atoms with Gasteiger partial charge in [0, 0.05) is 18.5 Å². The number of aryl methyl sites for hydroxylation is 2. The van der Waals surface area contributed by atoms with E-state index in [1.807, 2.05) is 54.6 Å². The fraction of sp³-hybridized carbons (Fsp3) is 0.222. The predicted octanol–water partition coefficient (Wildman–Crippen LogP) is 2.68. The van der Waals surface area contributed by atoms with Gasteiger partial charge in [0.05, 0.1) is 0 Å². The van der Waals surface area contributed by atoms with Crippen LogP contribution in [-0.2, 0) is 22.4 Å². The van der Waals surface area contributed by atoms with Crippen LogP contribution in [0.4, 0.5) is 5.69 Å². The molecule has 0 aliphatic rings. The second-order valence-electron chi connectivity index (χ2n) is 5.20. The Morgan fingerprint density at radius 3 is 2.05 bits per heavy atom. The van der Waals surface area contributed by atoms with Crippen LogP contribution in [0.5, 0.6) is 0 Å². The number of carbonyl (C=O) groups excluding carboxylic acids is 2. The van der Waals surface area contributed by atoms with E-state index in [4.69, 9.17) is 5.73 Å². The third-order valence-corrected chi connectivity index (χ3v) is 3.38. The van der Waals surface area contributed by atoms with Gasteiger partial charge in [-0.3, -0.25) is 9.59 Å². The van der Waals surface area contributed by atoms with Crippen LogP contribution in [0.1, 0.15) is 24.0 Å². The van der Waals surface area contributed by atoms with Crippen molar-refractivity contribution in [3.8, 4) is 0 Å². The molecule has 2 aromatic carbocycles. The van der Waals surface area contributed by atoms with E-state index in [2.05, 4.69) is 5.32 Å². The molecule has 0 fully saturated rings. The van der Waals surface area contributed by atoms with Crippen LogP contribution in [0.3, 0.4) is 0 Å². The van der Waals surface area contributed by atoms with Gasteiger partial charge < -0.3 is 11.1 Å². The Morgan fingerprint density at radius 1 is 0.818 bits per heavy atom. The van der Waals surface area contributed by atoms with E-state index < -0.39 is 0 Å². The molecule has 0 aliphatic carbocycles. The topological polar surface area (TPSA) is 72.2 Å². The summed E-state index contributed by atoms with van der Waals surface area (Å²) < 4.78 is 0. The normalized spacial score (nSPS) is 10.2. The van der Waals surface area contributed by atoms with Crippen molar-refractivity contribution < 1.29 is 9.59 Å². The van der Waals surface area contributed by atoms with Crippen LogP contribution in [0.15, 0.2) is 54.6 Å². The molecular weight excluding hydrogens is 276 g/mol. The molecule has 0 unspecified atom stereocenters. The molecule has 22 heavy (non-hydrogen) atoms. The molecule has 0 aliphatic heterocycles. The highest BCUT2D eigenvalue weighted by atomic mass is 16.1. The number of nitrogens with two attached hydrogens (primary N) is 1. The molecule has 0 radical (unpaired) electrons. The first-order chi connectivity index (χ1) is 10.6. The molecule has 0 aromatic heterocycles. The van der Waals surface area contributed by atoms with E-state index in [9.17, 15) is 9.59 Å². The standard InChI is InChI=1S/C18H20N2O2/c19-17(21)12-8-15-6-10-16(11-7-15)20-18(22)13-9-14-4-2-1-3-5-14/h1-7,10-11H,8-9,12-13H2,(H2,19,21)(H,20,22). The first-order valence-electron chi connectivity index (χ1n) is 7.34. The number of hydrogen-bond donors (Lipinski definition) is 2. The van der Waals surface area contributed by atoms with Crippen molar-refractivity contribution in [1.29, 1.82) is 0 Å². The summed E-state index contributed by atoms with van der Waals surface area (Å²) in [6.45, 7) is 0. The Kier molecular flexibility index (Phi) is 5.72. The van der Waals surface area contributed by atoms with E-state index in [1.165, 1.54) is 0 Å². The third kappa shape index (κ3) is 5.40. The maximum Gasteiger partial charge on any atom is 0.224 e. The Morgan fingerprint density at radius 2 is 1.41 bits per heavy atom. The fourth-order valence-electron chi connectivity index (χ4n) is 2.15. The fourth-order valence-corrected chi connectivity index (χ4v) is 2.15. The minimum atomic E-state index is -0.307. The summed E-state index contributed by atoms with van der Waals surface area (Å²) in [5.41, 5.74) is 8.07. The second kappa shape index (κ2) is 7.98. The van der Waals surface area contributed by atoms with E-state index in [-0.39, 0.29) is 11.8 Å². The van der Waals surface area contributed by atoms with E-state index >= 15 is 0 Å². The maximum absolute atomic E-state index is 11.9. The average Bonchev–Trinajstić information content (AvgIpc) is 2.53. The minimum Gasteiger partial charge on any atom is -0.370 e. The Labute approximate surface area is 130 Å². The minimum absolute atomic E-state index is 0.00580. The smallest absolute Gasteiger partial charge is 0.224 e. The predicted molar refractivity (Wildman–Crippen MR) is 87.4 cm³/mol. The molecule has 3 N–H and O–H groups in total. The van der Waals surface area contributed by atoms with Crippen LogP contribution < -0.4 is 11.1 Å². The summed E-state index contributed by atoms with van der Waals surface area (Å²) in [7, 11) is 0. The average molecular weight is 296 g/mol. The summed E-state index contributed by atoms with van der Waals surface area (Å²) in [6, 6.07) is 17.4. The van der Waals surface area contributed by atoms with Crippen LogP contribution in [0.2, 0.25) is 0 Å². The zero-order chi connectivity index (χ0) is 15.8. The Hall–Kier alpha value is -2.62. The quantitative estimate of drug-likeness (QED) is 0.824. The number of nitrogens with one attached hydrogen (secondary N) is 1. The van der Waals surface area contributed by atoms with Gasteiger partial charge in [0.1, 0.15) is 0 Å². The number of benzene rings is 2. The first-order valence-corrected chi connectivity index (χ1v) is 7.34. The first kappa shape index (κ1) is 15.8. The Balaban J connectivity index is 1.80. The number of hydrogen-bond acceptors (Lipinski definition) is 2. The molecule has 0 heterocycles. The van der Waals surface area contributed by atoms with Gasteiger partial charge in [-0.15, -0.1) is 0 Å². The number of rotatable bonds is 7. The zero-order valence-corrected chi connectivity index (χ0v) is 12.4. The van der Waals surface area contributed by atoms with Crippen LogP contribution in [0.25, 0.3) is 0 Å². The highest BCUT2D eigenvalue weighted by Gasteiger charge is 2.04. The van der Waals surface area contributed by atoms with E-state index in [0.717, 1.165) is 23.2 Å². The van der Waals surface area contributed by atoms with Gasteiger partial charge in [0.25, 0.3) is 0 Å². The molecule has 0 saturated heterocycles. The summed E-state index contributed by atoms with van der Waals surface area (Å²) in [5, 5.41) is 2.87. The van der Waals surface area contributed by atoms with Crippen molar-refractivity contribution in [2.45, 2.75) is 25.7 Å². The highest BCUT2D eigenvalue weighted by molar-refractivity contribution is 5.90. The number of anilines is 1. The second-order valence-corrected chi connectivity index (χ2v) is 5.20. The van der Waals surface area contributed by atoms with E-state index in [0.29, 0.717) is 19.3 Å². The zero-order valence-electron chi connectivity index (χ0n) is 12.4. The lowest BCUT2D eigenvalue weighted by atomic mass is 10.1. The highest BCUT2D eigenvalue weighted by Crippen LogP contribution is 2.12. The molecule has 0 spiro atoms. The van der Waals surface area contributed by atoms with Gasteiger partial charge >= 0.3 is 0 Å². The van der Waals surface area contributed by atoms with Crippen LogP contribution >= 0.6 is 0 Å². The van der Waals surface area contributed by atoms with Crippen LogP contribution in [-0.4, -0.2) is 11.8 Å². The van der Waals surface area contributed by atoms with Gasteiger partial charge in [-0.1, -0.05) is 42.5 Å². The number of amides is 2. The van der Waals surface area contributed by atoms with E-state index in [1.54, 1.807) is 0 Å². The lowest BCUT2D eigenvalue weighted by molar-refractivity contribution is -0.118. The molecule has 4 heteroatoms. The molecule has 0 atom stereocenters. The van der Waals surface area contributed by atoms with Crippen molar-refractivity contribution in [1.82, 2.24) is 0 Å². The Bertz CT molecular complexity index is 621. The van der Waals surface area contributed by atoms with Crippen molar-refractivity contribution in [2.75, 3.05) is 5.32 Å². The number of primary amides is 1. The third-order valence-electron chi connectivity index (χ3n) is 3.38. The summed E-state index contributed by atoms with van der Waals surface area (Å²) in [6.07, 6.45) is 2.14. The SMILES string of the molecule is NC(=O)CCc1ccc(NC(=O)CCc2ccccc2)cc1. The molecular formula is C18H20N2O2. The summed E-state index contributed by atoms with van der Waals surface area (Å²) in [4.78, 5) is 22.7. The molecule has 0 bridgehead atoms. The van der Waals surface area contributed by atoms with Gasteiger partial charge in [-0.2, -0.15) is 0 Å². The molecule has 2 amide bonds. The summed E-state index contributed by atoms with van der Waals surface area (Å²) in [5.74, 6) is -0.313. The lowest BCUT2D eigenvalue weighted by Crippen LogP contribution is -2.12. The number of carbonyl (C=O) groups is 2. The lowest BCUT2D eigenvalue weighted by Gasteiger charge is -2.06. The van der Waals surface area contributed by atoms with Crippen molar-refractivity contribution in [2.24, 2.45) is 5.73 Å². The van der Waals surface area contributed by atoms with Gasteiger partial charge in [0.15, 0.2) is 0 Å². The monoisotopic (exact) mass is 296 g/mol. The molecule has 2 rings (SSSR count). The van der Waals surface area contributed by atoms with Crippen molar-refractivity contribution in [3.05, 3.63) is 65.7 Å². The largest absolute Gasteiger partial charge is 0.370 e. The van der Waals surface area contributed by atoms with Gasteiger partial charge in [-0.25, -0.2) is 0 Å². The van der Waals surface area contributed by atoms with Crippen LogP contribution in [0, 0.1) is 0 Å². The maximum atomic E-state index is 11.9. The van der Waals surface area contributed by atoms with Crippen molar-refractivity contribution in [3.63, 3.8) is 0 Å². The molecule has 0 saturated carbocycles.